The molecule has 1 heterocycles. The van der Waals surface area contributed by atoms with Crippen LogP contribution in [-0.2, 0) is 4.74 Å². The van der Waals surface area contributed by atoms with E-state index in [0.29, 0.717) is 5.92 Å². The van der Waals surface area contributed by atoms with Crippen LogP contribution in [0.2, 0.25) is 0 Å². The molecule has 90 valence electrons. The fourth-order valence-electron chi connectivity index (χ4n) is 2.40. The lowest BCUT2D eigenvalue weighted by molar-refractivity contribution is 0.0814. The first-order valence-corrected chi connectivity index (χ1v) is 6.53. The molecule has 0 radical (unpaired) electrons. The lowest BCUT2D eigenvalue weighted by Crippen LogP contribution is -2.20. The molecule has 0 aromatic rings. The molecule has 1 rings (SSSR count). The van der Waals surface area contributed by atoms with Gasteiger partial charge in [-0.25, -0.2) is 0 Å². The van der Waals surface area contributed by atoms with Crippen molar-refractivity contribution < 1.29 is 9.84 Å². The second-order valence-electron chi connectivity index (χ2n) is 4.80. The Morgan fingerprint density at radius 3 is 2.53 bits per heavy atom. The van der Waals surface area contributed by atoms with E-state index in [1.54, 1.807) is 0 Å². The molecule has 2 nitrogen and oxygen atoms in total. The van der Waals surface area contributed by atoms with Crippen LogP contribution in [0.25, 0.3) is 0 Å². The van der Waals surface area contributed by atoms with Gasteiger partial charge in [-0.05, 0) is 18.8 Å². The summed E-state index contributed by atoms with van der Waals surface area (Å²) in [6.45, 7) is 6.13. The van der Waals surface area contributed by atoms with Gasteiger partial charge in [0.15, 0.2) is 0 Å². The number of ether oxygens (including phenoxy) is 1. The van der Waals surface area contributed by atoms with E-state index >= 15 is 0 Å². The summed E-state index contributed by atoms with van der Waals surface area (Å²) in [5, 5.41) is 9.93. The van der Waals surface area contributed by atoms with Crippen molar-refractivity contribution in [1.29, 1.82) is 0 Å². The largest absolute Gasteiger partial charge is 0.393 e. The van der Waals surface area contributed by atoms with Crippen molar-refractivity contribution in [1.82, 2.24) is 0 Å². The maximum atomic E-state index is 9.93. The monoisotopic (exact) mass is 214 g/mol. The molecule has 15 heavy (non-hydrogen) atoms. The summed E-state index contributed by atoms with van der Waals surface area (Å²) in [5.74, 6) is 1.27. The molecular weight excluding hydrogens is 188 g/mol. The summed E-state index contributed by atoms with van der Waals surface area (Å²) in [4.78, 5) is 0. The Morgan fingerprint density at radius 2 is 2.00 bits per heavy atom. The molecule has 2 atom stereocenters. The molecule has 0 amide bonds. The molecule has 0 saturated carbocycles. The third-order valence-electron chi connectivity index (χ3n) is 3.78. The minimum absolute atomic E-state index is 0.123. The average Bonchev–Trinajstić information content (AvgIpc) is 2.77. The van der Waals surface area contributed by atoms with Crippen molar-refractivity contribution in [3.05, 3.63) is 0 Å². The van der Waals surface area contributed by atoms with E-state index in [4.69, 9.17) is 4.74 Å². The standard InChI is InChI=1S/C13H26O2/c1-3-11(4-2)6-5-7-13(14)12-8-9-15-10-12/h11-14H,3-10H2,1-2H3. The molecule has 1 saturated heterocycles. The summed E-state index contributed by atoms with van der Waals surface area (Å²) in [6.07, 6.45) is 6.89. The van der Waals surface area contributed by atoms with Crippen LogP contribution in [0.4, 0.5) is 0 Å². The predicted molar refractivity (Wildman–Crippen MR) is 62.9 cm³/mol. The molecule has 1 N–H and O–H groups in total. The van der Waals surface area contributed by atoms with Crippen LogP contribution in [0.5, 0.6) is 0 Å². The van der Waals surface area contributed by atoms with Gasteiger partial charge in [0.05, 0.1) is 12.7 Å². The lowest BCUT2D eigenvalue weighted by atomic mass is 9.92. The summed E-state index contributed by atoms with van der Waals surface area (Å²) in [7, 11) is 0. The van der Waals surface area contributed by atoms with Gasteiger partial charge in [-0.15, -0.1) is 0 Å². The Bertz CT molecular complexity index is 149. The van der Waals surface area contributed by atoms with Crippen molar-refractivity contribution in [3.8, 4) is 0 Å². The van der Waals surface area contributed by atoms with Gasteiger partial charge in [-0.3, -0.25) is 0 Å². The topological polar surface area (TPSA) is 29.5 Å². The third-order valence-corrected chi connectivity index (χ3v) is 3.78. The van der Waals surface area contributed by atoms with Crippen LogP contribution in [0, 0.1) is 11.8 Å². The normalized spacial score (nSPS) is 23.6. The highest BCUT2D eigenvalue weighted by Gasteiger charge is 2.23. The molecule has 2 unspecified atom stereocenters. The zero-order valence-corrected chi connectivity index (χ0v) is 10.2. The maximum Gasteiger partial charge on any atom is 0.0591 e. The third kappa shape index (κ3) is 4.52. The average molecular weight is 214 g/mol. The molecule has 1 aliphatic heterocycles. The van der Waals surface area contributed by atoms with Crippen LogP contribution < -0.4 is 0 Å². The fourth-order valence-corrected chi connectivity index (χ4v) is 2.40. The van der Waals surface area contributed by atoms with Gasteiger partial charge in [0, 0.05) is 12.5 Å². The summed E-state index contributed by atoms with van der Waals surface area (Å²) in [6, 6.07) is 0. The maximum absolute atomic E-state index is 9.93. The van der Waals surface area contributed by atoms with Crippen LogP contribution in [0.3, 0.4) is 0 Å². The van der Waals surface area contributed by atoms with Gasteiger partial charge in [-0.1, -0.05) is 39.5 Å². The molecule has 1 aliphatic rings. The zero-order chi connectivity index (χ0) is 11.1. The summed E-state index contributed by atoms with van der Waals surface area (Å²) in [5.41, 5.74) is 0. The van der Waals surface area contributed by atoms with E-state index in [2.05, 4.69) is 13.8 Å². The van der Waals surface area contributed by atoms with E-state index in [-0.39, 0.29) is 6.10 Å². The first kappa shape index (κ1) is 13.0. The quantitative estimate of drug-likeness (QED) is 0.706. The van der Waals surface area contributed by atoms with Gasteiger partial charge in [0.1, 0.15) is 0 Å². The smallest absolute Gasteiger partial charge is 0.0591 e. The first-order chi connectivity index (χ1) is 7.27. The van der Waals surface area contributed by atoms with Crippen molar-refractivity contribution >= 4 is 0 Å². The highest BCUT2D eigenvalue weighted by molar-refractivity contribution is 4.73. The minimum atomic E-state index is -0.123. The zero-order valence-electron chi connectivity index (χ0n) is 10.2. The van der Waals surface area contributed by atoms with Crippen LogP contribution >= 0.6 is 0 Å². The molecule has 0 aliphatic carbocycles. The molecule has 0 aromatic heterocycles. The Hall–Kier alpha value is -0.0800. The molecular formula is C13H26O2. The predicted octanol–water partition coefficient (Wildman–Crippen LogP) is 2.99. The first-order valence-electron chi connectivity index (χ1n) is 6.53. The number of hydrogen-bond acceptors (Lipinski definition) is 2. The van der Waals surface area contributed by atoms with Crippen molar-refractivity contribution in [2.45, 2.75) is 58.5 Å². The number of aliphatic hydroxyl groups excluding tert-OH is 1. The number of rotatable bonds is 7. The van der Waals surface area contributed by atoms with Gasteiger partial charge in [0.2, 0.25) is 0 Å². The van der Waals surface area contributed by atoms with Crippen LogP contribution in [-0.4, -0.2) is 24.4 Å². The molecule has 0 aromatic carbocycles. The van der Waals surface area contributed by atoms with E-state index in [1.165, 1.54) is 25.7 Å². The van der Waals surface area contributed by atoms with Gasteiger partial charge >= 0.3 is 0 Å². The SMILES string of the molecule is CCC(CC)CCCC(O)C1CCOC1. The lowest BCUT2D eigenvalue weighted by Gasteiger charge is -2.18. The molecule has 1 fully saturated rings. The van der Waals surface area contributed by atoms with Gasteiger partial charge < -0.3 is 9.84 Å². The Labute approximate surface area is 94.0 Å². The minimum Gasteiger partial charge on any atom is -0.393 e. The second kappa shape index (κ2) is 7.24. The highest BCUT2D eigenvalue weighted by atomic mass is 16.5. The van der Waals surface area contributed by atoms with E-state index in [0.717, 1.165) is 32.0 Å². The van der Waals surface area contributed by atoms with Gasteiger partial charge in [-0.2, -0.15) is 0 Å². The second-order valence-corrected chi connectivity index (χ2v) is 4.80. The summed E-state index contributed by atoms with van der Waals surface area (Å²) >= 11 is 0. The Morgan fingerprint density at radius 1 is 1.27 bits per heavy atom. The number of aliphatic hydroxyl groups is 1. The van der Waals surface area contributed by atoms with E-state index < -0.39 is 0 Å². The van der Waals surface area contributed by atoms with E-state index in [1.807, 2.05) is 0 Å². The molecule has 0 bridgehead atoms. The van der Waals surface area contributed by atoms with Crippen molar-refractivity contribution in [3.63, 3.8) is 0 Å². The van der Waals surface area contributed by atoms with Crippen molar-refractivity contribution in [2.24, 2.45) is 11.8 Å². The van der Waals surface area contributed by atoms with Crippen LogP contribution in [0.15, 0.2) is 0 Å². The Balaban J connectivity index is 2.07. The Kier molecular flexibility index (Phi) is 6.26. The summed E-state index contributed by atoms with van der Waals surface area (Å²) < 4.78 is 5.29. The van der Waals surface area contributed by atoms with E-state index in [9.17, 15) is 5.11 Å². The van der Waals surface area contributed by atoms with Gasteiger partial charge in [0.25, 0.3) is 0 Å². The van der Waals surface area contributed by atoms with Crippen molar-refractivity contribution in [2.75, 3.05) is 13.2 Å². The molecule has 2 heteroatoms. The highest BCUT2D eigenvalue weighted by Crippen LogP contribution is 2.22. The van der Waals surface area contributed by atoms with Crippen LogP contribution in [0.1, 0.15) is 52.4 Å². The molecule has 0 spiro atoms. The fraction of sp³-hybridized carbons (Fsp3) is 1.00. The number of hydrogen-bond donors (Lipinski definition) is 1.